The molecule has 0 radical (unpaired) electrons. The van der Waals surface area contributed by atoms with Crippen LogP contribution in [0.4, 0.5) is 13.6 Å². The summed E-state index contributed by atoms with van der Waals surface area (Å²) in [5, 5.41) is 2.89. The van der Waals surface area contributed by atoms with Gasteiger partial charge >= 0.3 is 11.7 Å². The number of carbonyl (C=O) groups excluding carboxylic acids is 2. The van der Waals surface area contributed by atoms with Crippen LogP contribution in [0, 0.1) is 11.6 Å². The Labute approximate surface area is 237 Å². The summed E-state index contributed by atoms with van der Waals surface area (Å²) >= 11 is 0. The number of urea groups is 1. The molecule has 2 saturated heterocycles. The normalized spacial score (nSPS) is 20.2. The van der Waals surface area contributed by atoms with Crippen molar-refractivity contribution in [3.8, 4) is 11.3 Å². The van der Waals surface area contributed by atoms with E-state index in [9.17, 15) is 23.2 Å². The van der Waals surface area contributed by atoms with E-state index in [2.05, 4.69) is 10.3 Å². The highest BCUT2D eigenvalue weighted by atomic mass is 19.2. The van der Waals surface area contributed by atoms with Crippen LogP contribution in [-0.2, 0) is 9.53 Å². The first-order valence-corrected chi connectivity index (χ1v) is 14.0. The van der Waals surface area contributed by atoms with Crippen molar-refractivity contribution < 1.29 is 23.1 Å². The second kappa shape index (κ2) is 12.7. The number of H-pyrrole nitrogens is 1. The topological polar surface area (TPSA) is 99.7 Å². The van der Waals surface area contributed by atoms with Gasteiger partial charge in [-0.15, -0.1) is 0 Å². The van der Waals surface area contributed by atoms with Crippen LogP contribution >= 0.6 is 0 Å². The first-order chi connectivity index (χ1) is 19.9. The third-order valence-electron chi connectivity index (χ3n) is 8.11. The van der Waals surface area contributed by atoms with Crippen molar-refractivity contribution in [3.63, 3.8) is 0 Å². The molecular formula is C30H35F2N5O4. The summed E-state index contributed by atoms with van der Waals surface area (Å²) in [6.07, 6.45) is 3.72. The van der Waals surface area contributed by atoms with Crippen molar-refractivity contribution in [2.45, 2.75) is 43.7 Å². The molecule has 41 heavy (non-hydrogen) atoms. The van der Waals surface area contributed by atoms with Gasteiger partial charge in [-0.1, -0.05) is 42.5 Å². The minimum Gasteiger partial charge on any atom is -0.383 e. The largest absolute Gasteiger partial charge is 0.383 e. The number of methoxy groups -OCH3 is 1. The highest BCUT2D eigenvalue weighted by Crippen LogP contribution is 2.30. The van der Waals surface area contributed by atoms with Crippen molar-refractivity contribution in [1.82, 2.24) is 24.7 Å². The van der Waals surface area contributed by atoms with Crippen LogP contribution in [0.1, 0.15) is 43.2 Å². The van der Waals surface area contributed by atoms with Gasteiger partial charge in [0.1, 0.15) is 6.04 Å². The molecule has 9 nitrogen and oxygen atoms in total. The zero-order valence-corrected chi connectivity index (χ0v) is 23.0. The van der Waals surface area contributed by atoms with E-state index in [1.54, 1.807) is 20.4 Å². The third-order valence-corrected chi connectivity index (χ3v) is 8.11. The molecule has 3 heterocycles. The van der Waals surface area contributed by atoms with Gasteiger partial charge < -0.3 is 24.8 Å². The molecule has 0 saturated carbocycles. The molecule has 218 valence electrons. The molecule has 2 atom stereocenters. The minimum absolute atomic E-state index is 0.0498. The molecule has 2 aliphatic heterocycles. The number of hydrogen-bond donors (Lipinski definition) is 2. The van der Waals surface area contributed by atoms with E-state index in [0.29, 0.717) is 38.8 Å². The monoisotopic (exact) mass is 567 g/mol. The Hall–Kier alpha value is -3.99. The van der Waals surface area contributed by atoms with Crippen molar-refractivity contribution in [2.75, 3.05) is 39.9 Å². The summed E-state index contributed by atoms with van der Waals surface area (Å²) in [6, 6.07) is 12.5. The number of carbonyl (C=O) groups is 2. The Morgan fingerprint density at radius 3 is 2.51 bits per heavy atom. The van der Waals surface area contributed by atoms with Gasteiger partial charge in [0.15, 0.2) is 11.6 Å². The summed E-state index contributed by atoms with van der Waals surface area (Å²) < 4.78 is 35.4. The fourth-order valence-corrected chi connectivity index (χ4v) is 5.82. The number of nitrogens with zero attached hydrogens (tertiary/aromatic N) is 3. The van der Waals surface area contributed by atoms with Crippen LogP contribution in [0.2, 0.25) is 0 Å². The van der Waals surface area contributed by atoms with Gasteiger partial charge in [0.2, 0.25) is 5.91 Å². The van der Waals surface area contributed by atoms with E-state index in [-0.39, 0.29) is 48.9 Å². The van der Waals surface area contributed by atoms with Crippen molar-refractivity contribution >= 4 is 11.9 Å². The number of rotatable bonds is 7. The van der Waals surface area contributed by atoms with Gasteiger partial charge in [-0.2, -0.15) is 0 Å². The second-order valence-corrected chi connectivity index (χ2v) is 10.7. The summed E-state index contributed by atoms with van der Waals surface area (Å²) in [5.74, 6) is -2.51. The lowest BCUT2D eigenvalue weighted by Gasteiger charge is -2.33. The molecule has 11 heteroatoms. The summed E-state index contributed by atoms with van der Waals surface area (Å²) in [5.41, 5.74) is 1.72. The molecule has 1 aromatic heterocycles. The van der Waals surface area contributed by atoms with Gasteiger partial charge in [-0.05, 0) is 42.9 Å². The highest BCUT2D eigenvalue weighted by Gasteiger charge is 2.35. The SMILES string of the molecule is COCCN1C[C@H](c2cccc(F)c2F)CC[C@@H](NC(=O)N2CCC(n3cc(-c4ccccc4)[nH]c3=O)CC2)C1=O. The number of hydrogen-bond acceptors (Lipinski definition) is 4. The van der Waals surface area contributed by atoms with E-state index >= 15 is 0 Å². The average Bonchev–Trinajstić information content (AvgIpc) is 3.32. The zero-order chi connectivity index (χ0) is 28.9. The fraction of sp³-hybridized carbons (Fsp3) is 0.433. The maximum Gasteiger partial charge on any atom is 0.326 e. The lowest BCUT2D eigenvalue weighted by atomic mass is 9.93. The van der Waals surface area contributed by atoms with Crippen molar-refractivity contribution in [1.29, 1.82) is 0 Å². The highest BCUT2D eigenvalue weighted by molar-refractivity contribution is 5.87. The maximum atomic E-state index is 14.6. The average molecular weight is 568 g/mol. The predicted octanol–water partition coefficient (Wildman–Crippen LogP) is 3.89. The first kappa shape index (κ1) is 28.5. The van der Waals surface area contributed by atoms with E-state index < -0.39 is 23.6 Å². The molecule has 0 aliphatic carbocycles. The van der Waals surface area contributed by atoms with Crippen molar-refractivity contribution in [2.24, 2.45) is 0 Å². The fourth-order valence-electron chi connectivity index (χ4n) is 5.82. The Kier molecular flexibility index (Phi) is 8.82. The first-order valence-electron chi connectivity index (χ1n) is 14.0. The summed E-state index contributed by atoms with van der Waals surface area (Å²) in [6.45, 7) is 1.62. The van der Waals surface area contributed by atoms with Crippen LogP contribution in [0.5, 0.6) is 0 Å². The number of imidazole rings is 1. The van der Waals surface area contributed by atoms with E-state index in [1.165, 1.54) is 13.2 Å². The quantitative estimate of drug-likeness (QED) is 0.453. The Morgan fingerprint density at radius 1 is 1.02 bits per heavy atom. The smallest absolute Gasteiger partial charge is 0.326 e. The predicted molar refractivity (Wildman–Crippen MR) is 149 cm³/mol. The van der Waals surface area contributed by atoms with Gasteiger partial charge in [-0.25, -0.2) is 18.4 Å². The lowest BCUT2D eigenvalue weighted by molar-refractivity contribution is -0.133. The van der Waals surface area contributed by atoms with Crippen LogP contribution in [0.25, 0.3) is 11.3 Å². The minimum atomic E-state index is -0.923. The van der Waals surface area contributed by atoms with Crippen LogP contribution in [0.3, 0.4) is 0 Å². The van der Waals surface area contributed by atoms with E-state index in [0.717, 1.165) is 17.3 Å². The Bertz CT molecular complexity index is 1420. The Morgan fingerprint density at radius 2 is 1.78 bits per heavy atom. The molecule has 3 amide bonds. The maximum absolute atomic E-state index is 14.6. The molecule has 0 bridgehead atoms. The van der Waals surface area contributed by atoms with Gasteiger partial charge in [-0.3, -0.25) is 9.36 Å². The zero-order valence-electron chi connectivity index (χ0n) is 23.0. The second-order valence-electron chi connectivity index (χ2n) is 10.7. The molecule has 0 spiro atoms. The van der Waals surface area contributed by atoms with Gasteiger partial charge in [0.05, 0.1) is 12.3 Å². The molecule has 5 rings (SSSR count). The molecule has 0 unspecified atom stereocenters. The number of ether oxygens (including phenoxy) is 1. The molecular weight excluding hydrogens is 532 g/mol. The molecule has 3 aromatic rings. The standard InChI is InChI=1S/C30H35F2N5O4/c1-41-17-16-36-18-21(23-8-5-9-24(31)27(23)32)10-11-25(28(36)38)33-29(39)35-14-12-22(13-15-35)37-19-26(34-30(37)40)20-6-3-2-4-7-20/h2-9,19,21-22,25H,10-18H2,1H3,(H,33,39)(H,34,40)/t21-,25-/m1/s1. The van der Waals surface area contributed by atoms with Crippen LogP contribution in [0.15, 0.2) is 59.5 Å². The number of likely N-dealkylation sites (tertiary alicyclic amines) is 2. The number of benzene rings is 2. The Balaban J connectivity index is 1.22. The summed E-state index contributed by atoms with van der Waals surface area (Å²) in [7, 11) is 1.53. The molecule has 2 N–H and O–H groups in total. The van der Waals surface area contributed by atoms with E-state index in [4.69, 9.17) is 4.74 Å². The van der Waals surface area contributed by atoms with Gasteiger partial charge in [0, 0.05) is 51.4 Å². The number of nitrogens with one attached hydrogen (secondary N) is 2. The van der Waals surface area contributed by atoms with Crippen LogP contribution in [-0.4, -0.2) is 77.2 Å². The summed E-state index contributed by atoms with van der Waals surface area (Å²) in [4.78, 5) is 45.4. The number of aromatic amines is 1. The number of aromatic nitrogens is 2. The molecule has 2 aromatic carbocycles. The van der Waals surface area contributed by atoms with Crippen molar-refractivity contribution in [3.05, 3.63) is 82.4 Å². The van der Waals surface area contributed by atoms with Gasteiger partial charge in [0.25, 0.3) is 0 Å². The van der Waals surface area contributed by atoms with Crippen LogP contribution < -0.4 is 11.0 Å². The molecule has 2 aliphatic rings. The third kappa shape index (κ3) is 6.35. The van der Waals surface area contributed by atoms with E-state index in [1.807, 2.05) is 36.5 Å². The number of amides is 3. The number of piperidine rings is 1. The molecule has 2 fully saturated rings. The number of halogens is 2. The lowest BCUT2D eigenvalue weighted by Crippen LogP contribution is -2.53.